The van der Waals surface area contributed by atoms with Crippen LogP contribution >= 0.6 is 0 Å². The van der Waals surface area contributed by atoms with Gasteiger partial charge in [-0.05, 0) is 68.5 Å². The van der Waals surface area contributed by atoms with Crippen molar-refractivity contribution in [1.29, 1.82) is 0 Å². The number of hydrogen-bond donors (Lipinski definition) is 1. The number of nitrogens with one attached hydrogen (secondary N) is 1. The van der Waals surface area contributed by atoms with Gasteiger partial charge in [-0.2, -0.15) is 5.10 Å². The molecule has 1 N–H and O–H groups in total. The number of ether oxygens (including phenoxy) is 4. The van der Waals surface area contributed by atoms with E-state index in [9.17, 15) is 14.4 Å². The highest BCUT2D eigenvalue weighted by Gasteiger charge is 2.35. The number of carbonyl (C=O) groups excluding carboxylic acids is 3. The van der Waals surface area contributed by atoms with Gasteiger partial charge in [0.2, 0.25) is 11.8 Å². The number of rotatable bonds is 7. The molecule has 0 unspecified atom stereocenters. The van der Waals surface area contributed by atoms with Gasteiger partial charge in [-0.25, -0.2) is 0 Å². The van der Waals surface area contributed by atoms with Crippen LogP contribution in [0.2, 0.25) is 0 Å². The Morgan fingerprint density at radius 3 is 2.72 bits per heavy atom. The van der Waals surface area contributed by atoms with Crippen LogP contribution in [0, 0.1) is 6.92 Å². The molecule has 0 saturated carbocycles. The number of carbonyl (C=O) groups is 3. The van der Waals surface area contributed by atoms with Crippen LogP contribution in [0.3, 0.4) is 0 Å². The lowest BCUT2D eigenvalue weighted by molar-refractivity contribution is -0.137. The van der Waals surface area contributed by atoms with Crippen molar-refractivity contribution in [2.24, 2.45) is 0 Å². The van der Waals surface area contributed by atoms with E-state index in [1.165, 1.54) is 0 Å². The highest BCUT2D eigenvalue weighted by molar-refractivity contribution is 5.95. The Balaban J connectivity index is 1.41. The molecule has 12 nitrogen and oxygen atoms in total. The van der Waals surface area contributed by atoms with E-state index in [1.54, 1.807) is 34.9 Å². The molecule has 3 aromatic rings. The minimum absolute atomic E-state index is 0.111. The number of benzene rings is 2. The van der Waals surface area contributed by atoms with Gasteiger partial charge in [0.15, 0.2) is 11.5 Å². The standard InChI is InChI=1S/C35H45N5O7/c1-5-40-24(2)28(20-36-40)35(43)39-16-14-30-29(21-39)37-33(41)22-38(15-7-17-44-3)34(42)13-11-25-10-12-31(32(19-25)45-4)47-27-9-6-8-26(18-27)23-46-30/h6,8-10,12,18-20,29-30H,5,7,11,13-17,21-23H2,1-4H3,(H,37,41)/t29-,30+/m0/s1. The molecule has 2 atom stereocenters. The first-order valence-corrected chi connectivity index (χ1v) is 16.2. The van der Waals surface area contributed by atoms with Crippen LogP contribution in [0.1, 0.15) is 53.4 Å². The Morgan fingerprint density at radius 1 is 1.11 bits per heavy atom. The topological polar surface area (TPSA) is 124 Å². The quantitative estimate of drug-likeness (QED) is 0.385. The zero-order chi connectivity index (χ0) is 33.3. The average molecular weight is 648 g/mol. The van der Waals surface area contributed by atoms with E-state index in [2.05, 4.69) is 10.4 Å². The number of fused-ring (bicyclic) bond motifs is 9. The van der Waals surface area contributed by atoms with Gasteiger partial charge in [-0.3, -0.25) is 19.1 Å². The number of methoxy groups -OCH3 is 2. The van der Waals surface area contributed by atoms with Gasteiger partial charge in [-0.1, -0.05) is 18.2 Å². The van der Waals surface area contributed by atoms with E-state index < -0.39 is 6.04 Å². The summed E-state index contributed by atoms with van der Waals surface area (Å²) in [6.45, 7) is 6.27. The zero-order valence-electron chi connectivity index (χ0n) is 27.7. The molecule has 47 heavy (non-hydrogen) atoms. The molecule has 1 saturated heterocycles. The van der Waals surface area contributed by atoms with Crippen molar-refractivity contribution in [3.8, 4) is 17.2 Å². The molecule has 252 valence electrons. The highest BCUT2D eigenvalue weighted by atomic mass is 16.5. The van der Waals surface area contributed by atoms with E-state index >= 15 is 0 Å². The third kappa shape index (κ3) is 8.49. The van der Waals surface area contributed by atoms with E-state index in [-0.39, 0.29) is 49.9 Å². The largest absolute Gasteiger partial charge is 0.493 e. The predicted molar refractivity (Wildman–Crippen MR) is 175 cm³/mol. The monoisotopic (exact) mass is 647 g/mol. The molecule has 4 bridgehead atoms. The minimum atomic E-state index is -0.487. The van der Waals surface area contributed by atoms with Crippen LogP contribution < -0.4 is 14.8 Å². The Morgan fingerprint density at radius 2 is 1.96 bits per heavy atom. The Kier molecular flexibility index (Phi) is 11.5. The third-order valence-electron chi connectivity index (χ3n) is 8.73. The molecule has 2 aromatic carbocycles. The van der Waals surface area contributed by atoms with E-state index in [0.29, 0.717) is 68.3 Å². The normalized spacial score (nSPS) is 19.2. The van der Waals surface area contributed by atoms with E-state index in [0.717, 1.165) is 16.8 Å². The summed E-state index contributed by atoms with van der Waals surface area (Å²) in [5.74, 6) is 1.18. The summed E-state index contributed by atoms with van der Waals surface area (Å²) >= 11 is 0. The van der Waals surface area contributed by atoms with Gasteiger partial charge < -0.3 is 34.1 Å². The minimum Gasteiger partial charge on any atom is -0.493 e. The first-order valence-electron chi connectivity index (χ1n) is 16.2. The van der Waals surface area contributed by atoms with Crippen LogP contribution in [0.25, 0.3) is 0 Å². The number of piperidine rings is 1. The van der Waals surface area contributed by atoms with Gasteiger partial charge in [-0.15, -0.1) is 0 Å². The second-order valence-corrected chi connectivity index (χ2v) is 11.9. The van der Waals surface area contributed by atoms with E-state index in [4.69, 9.17) is 18.9 Å². The Bertz CT molecular complexity index is 1560. The number of nitrogens with zero attached hydrogens (tertiary/aromatic N) is 4. The molecule has 1 fully saturated rings. The van der Waals surface area contributed by atoms with Crippen molar-refractivity contribution in [3.63, 3.8) is 0 Å². The molecule has 0 radical (unpaired) electrons. The fourth-order valence-electron chi connectivity index (χ4n) is 6.11. The summed E-state index contributed by atoms with van der Waals surface area (Å²) in [6, 6.07) is 12.8. The fourth-order valence-corrected chi connectivity index (χ4v) is 6.11. The maximum atomic E-state index is 13.6. The van der Waals surface area contributed by atoms with Crippen LogP contribution in [0.4, 0.5) is 0 Å². The molecule has 1 aromatic heterocycles. The Labute approximate surface area is 275 Å². The second kappa shape index (κ2) is 15.9. The van der Waals surface area contributed by atoms with Crippen molar-refractivity contribution < 1.29 is 33.3 Å². The number of amides is 3. The molecular formula is C35H45N5O7. The maximum Gasteiger partial charge on any atom is 0.257 e. The molecule has 3 amide bonds. The molecule has 4 heterocycles. The van der Waals surface area contributed by atoms with Gasteiger partial charge in [0, 0.05) is 52.0 Å². The van der Waals surface area contributed by atoms with Gasteiger partial charge >= 0.3 is 0 Å². The van der Waals surface area contributed by atoms with Crippen LogP contribution in [0.5, 0.6) is 17.2 Å². The summed E-state index contributed by atoms with van der Waals surface area (Å²) in [6.07, 6.45) is 3.05. The molecule has 12 heteroatoms. The average Bonchev–Trinajstić information content (AvgIpc) is 3.46. The lowest BCUT2D eigenvalue weighted by Crippen LogP contribution is -2.58. The molecular weight excluding hydrogens is 602 g/mol. The molecule has 3 aliphatic heterocycles. The van der Waals surface area contributed by atoms with Crippen molar-refractivity contribution in [3.05, 3.63) is 71.0 Å². The molecule has 0 spiro atoms. The number of aryl methyl sites for hydroxylation is 2. The maximum absolute atomic E-state index is 13.6. The zero-order valence-corrected chi connectivity index (χ0v) is 27.7. The molecule has 6 rings (SSSR count). The first-order chi connectivity index (χ1) is 22.8. The van der Waals surface area contributed by atoms with Gasteiger partial charge in [0.1, 0.15) is 5.75 Å². The highest BCUT2D eigenvalue weighted by Crippen LogP contribution is 2.33. The van der Waals surface area contributed by atoms with Gasteiger partial charge in [0.05, 0.1) is 44.2 Å². The third-order valence-corrected chi connectivity index (χ3v) is 8.73. The molecule has 3 aliphatic rings. The second-order valence-electron chi connectivity index (χ2n) is 11.9. The van der Waals surface area contributed by atoms with Crippen LogP contribution in [-0.2, 0) is 38.6 Å². The summed E-state index contributed by atoms with van der Waals surface area (Å²) in [4.78, 5) is 44.0. The predicted octanol–water partition coefficient (Wildman–Crippen LogP) is 3.74. The first kappa shape index (κ1) is 33.9. The lowest BCUT2D eigenvalue weighted by atomic mass is 10.0. The summed E-state index contributed by atoms with van der Waals surface area (Å²) in [5.41, 5.74) is 3.17. The van der Waals surface area contributed by atoms with Crippen molar-refractivity contribution >= 4 is 17.7 Å². The lowest BCUT2D eigenvalue weighted by Gasteiger charge is -2.39. The van der Waals surface area contributed by atoms with Gasteiger partial charge in [0.25, 0.3) is 5.91 Å². The SMILES string of the molecule is CCn1ncc(C(=O)N2CC[C@H]3OCc4cccc(c4)Oc4ccc(cc4OC)CCC(=O)N(CCCOC)CC(=O)N[C@H]3C2)c1C. The summed E-state index contributed by atoms with van der Waals surface area (Å²) in [7, 11) is 3.19. The van der Waals surface area contributed by atoms with Crippen molar-refractivity contribution in [1.82, 2.24) is 24.9 Å². The van der Waals surface area contributed by atoms with Crippen LogP contribution in [0.15, 0.2) is 48.7 Å². The summed E-state index contributed by atoms with van der Waals surface area (Å²) < 4.78 is 25.2. The summed E-state index contributed by atoms with van der Waals surface area (Å²) in [5, 5.41) is 7.46. The fraction of sp³-hybridized carbons (Fsp3) is 0.486. The van der Waals surface area contributed by atoms with Crippen molar-refractivity contribution in [2.45, 2.75) is 64.8 Å². The smallest absolute Gasteiger partial charge is 0.257 e. The number of likely N-dealkylation sites (tertiary alicyclic amines) is 1. The number of hydrogen-bond acceptors (Lipinski definition) is 8. The Hall–Kier alpha value is -4.42. The molecule has 0 aliphatic carbocycles. The van der Waals surface area contributed by atoms with Crippen LogP contribution in [-0.4, -0.2) is 96.5 Å². The van der Waals surface area contributed by atoms with E-state index in [1.807, 2.05) is 56.3 Å². The number of aromatic nitrogens is 2. The van der Waals surface area contributed by atoms with Crippen molar-refractivity contribution in [2.75, 3.05) is 47.0 Å².